The van der Waals surface area contributed by atoms with Gasteiger partial charge in [-0.25, -0.2) is 9.97 Å². The van der Waals surface area contributed by atoms with E-state index in [0.717, 1.165) is 29.7 Å². The van der Waals surface area contributed by atoms with Gasteiger partial charge in [-0.15, -0.1) is 0 Å². The molecule has 0 saturated heterocycles. The largest absolute Gasteiger partial charge is 0.444 e. The van der Waals surface area contributed by atoms with Crippen molar-refractivity contribution in [3.63, 3.8) is 0 Å². The molecule has 10 heteroatoms. The average molecular weight is 587 g/mol. The molecule has 4 rings (SSSR count). The second kappa shape index (κ2) is 14.2. The zero-order valence-electron chi connectivity index (χ0n) is 23.3. The highest BCUT2D eigenvalue weighted by Gasteiger charge is 2.24. The van der Waals surface area contributed by atoms with E-state index in [9.17, 15) is 15.6 Å². The number of oxazole rings is 1. The highest BCUT2D eigenvalue weighted by atomic mass is 35.5. The van der Waals surface area contributed by atoms with Gasteiger partial charge in [-0.1, -0.05) is 47.6 Å². The summed E-state index contributed by atoms with van der Waals surface area (Å²) < 4.78 is 5.70. The summed E-state index contributed by atoms with van der Waals surface area (Å²) in [5, 5.41) is 31.0. The lowest BCUT2D eigenvalue weighted by molar-refractivity contribution is 0.288. The van der Waals surface area contributed by atoms with Crippen LogP contribution in [-0.4, -0.2) is 60.8 Å². The van der Waals surface area contributed by atoms with Crippen molar-refractivity contribution in [2.24, 2.45) is 0 Å². The van der Waals surface area contributed by atoms with Gasteiger partial charge in [-0.2, -0.15) is 10.5 Å². The van der Waals surface area contributed by atoms with Gasteiger partial charge in [0.05, 0.1) is 11.3 Å². The van der Waals surface area contributed by atoms with E-state index in [4.69, 9.17) is 21.0 Å². The minimum absolute atomic E-state index is 0.124. The quantitative estimate of drug-likeness (QED) is 0.199. The fraction of sp³-hybridized carbons (Fsp3) is 0.290. The fourth-order valence-corrected chi connectivity index (χ4v) is 5.23. The first-order valence-corrected chi connectivity index (χ1v) is 14.5. The van der Waals surface area contributed by atoms with Crippen LogP contribution in [0.1, 0.15) is 28.8 Å². The Morgan fingerprint density at radius 2 is 1.61 bits per heavy atom. The monoisotopic (exact) mass is 586 g/mol. The molecule has 0 aliphatic carbocycles. The molecule has 210 valence electrons. The first kappa shape index (κ1) is 30.1. The third-order valence-electron chi connectivity index (χ3n) is 6.48. The Morgan fingerprint density at radius 1 is 0.927 bits per heavy atom. The summed E-state index contributed by atoms with van der Waals surface area (Å²) in [6, 6.07) is 19.7. The molecule has 0 aliphatic rings. The molecule has 2 aromatic heterocycles. The lowest BCUT2D eigenvalue weighted by Crippen LogP contribution is -2.30. The fourth-order valence-electron chi connectivity index (χ4n) is 4.25. The van der Waals surface area contributed by atoms with Crippen LogP contribution < -0.4 is 4.90 Å². The summed E-state index contributed by atoms with van der Waals surface area (Å²) in [6.45, 7) is 1.55. The molecule has 0 saturated carbocycles. The molecule has 0 radical (unpaired) electrons. The van der Waals surface area contributed by atoms with Crippen LogP contribution in [0.3, 0.4) is 0 Å². The van der Waals surface area contributed by atoms with E-state index in [1.807, 2.05) is 62.4 Å². The van der Waals surface area contributed by atoms with Gasteiger partial charge < -0.3 is 19.3 Å². The van der Waals surface area contributed by atoms with Gasteiger partial charge in [-0.05, 0) is 62.3 Å². The van der Waals surface area contributed by atoms with Gasteiger partial charge in [0, 0.05) is 48.6 Å². The molecule has 4 aromatic rings. The molecular formula is C31H31ClN6O2S. The molecule has 0 unspecified atom stereocenters. The normalized spacial score (nSPS) is 10.9. The van der Waals surface area contributed by atoms with Crippen molar-refractivity contribution in [2.75, 3.05) is 45.7 Å². The highest BCUT2D eigenvalue weighted by Crippen LogP contribution is 2.38. The van der Waals surface area contributed by atoms with Gasteiger partial charge in [0.2, 0.25) is 5.89 Å². The average Bonchev–Trinajstić information content (AvgIpc) is 3.46. The number of benzene rings is 2. The first-order valence-electron chi connectivity index (χ1n) is 13.1. The van der Waals surface area contributed by atoms with E-state index in [1.54, 1.807) is 18.4 Å². The number of rotatable bonds is 12. The Labute approximate surface area is 249 Å². The van der Waals surface area contributed by atoms with Gasteiger partial charge in [0.25, 0.3) is 0 Å². The minimum Gasteiger partial charge on any atom is -0.444 e. The molecule has 41 heavy (non-hydrogen) atoms. The second-order valence-electron chi connectivity index (χ2n) is 9.78. The standard InChI is InChI=1S/C31H31ClN6O2S/c1-37(2)14-15-38(3)29-26(17-33)28(22-8-6-21(7-9-22)5-4-16-39)27(18-34)31(36-29)41-20-25-19-40-30(35-25)23-10-12-24(32)13-11-23/h6-13,19,39H,4-5,14-16,20H2,1-3H3. The van der Waals surface area contributed by atoms with Crippen LogP contribution in [0, 0.1) is 22.7 Å². The molecular weight excluding hydrogens is 556 g/mol. The van der Waals surface area contributed by atoms with E-state index >= 15 is 0 Å². The van der Waals surface area contributed by atoms with Crippen molar-refractivity contribution in [2.45, 2.75) is 23.6 Å². The van der Waals surface area contributed by atoms with Crippen LogP contribution in [0.2, 0.25) is 5.02 Å². The number of halogens is 1. The number of thioether (sulfide) groups is 1. The van der Waals surface area contributed by atoms with Crippen molar-refractivity contribution in [1.82, 2.24) is 14.9 Å². The highest BCUT2D eigenvalue weighted by molar-refractivity contribution is 7.98. The predicted octanol–water partition coefficient (Wildman–Crippen LogP) is 6.02. The molecule has 0 bridgehead atoms. The second-order valence-corrected chi connectivity index (χ2v) is 11.2. The molecule has 0 aliphatic heterocycles. The number of aryl methyl sites for hydroxylation is 1. The maximum Gasteiger partial charge on any atom is 0.226 e. The summed E-state index contributed by atoms with van der Waals surface area (Å²) in [6.07, 6.45) is 3.02. The SMILES string of the molecule is CN(C)CCN(C)c1nc(SCc2coc(-c3ccc(Cl)cc3)n2)c(C#N)c(-c2ccc(CCCO)cc2)c1C#N. The Morgan fingerprint density at radius 3 is 2.24 bits per heavy atom. The zero-order valence-corrected chi connectivity index (χ0v) is 24.8. The van der Waals surface area contributed by atoms with E-state index in [-0.39, 0.29) is 6.61 Å². The van der Waals surface area contributed by atoms with Crippen molar-refractivity contribution in [3.8, 4) is 34.7 Å². The van der Waals surface area contributed by atoms with Crippen molar-refractivity contribution >= 4 is 29.2 Å². The lowest BCUT2D eigenvalue weighted by Gasteiger charge is -2.24. The number of pyridine rings is 1. The molecule has 0 fully saturated rings. The minimum atomic E-state index is 0.124. The molecule has 2 aromatic carbocycles. The number of hydrogen-bond acceptors (Lipinski definition) is 9. The summed E-state index contributed by atoms with van der Waals surface area (Å²) in [4.78, 5) is 13.5. The number of nitriles is 2. The summed E-state index contributed by atoms with van der Waals surface area (Å²) in [5.41, 5.74) is 4.64. The van der Waals surface area contributed by atoms with Gasteiger partial charge in [0.15, 0.2) is 0 Å². The number of hydrogen-bond donors (Lipinski definition) is 1. The third kappa shape index (κ3) is 7.46. The molecule has 2 heterocycles. The molecule has 0 atom stereocenters. The van der Waals surface area contributed by atoms with E-state index < -0.39 is 0 Å². The van der Waals surface area contributed by atoms with Crippen LogP contribution >= 0.6 is 23.4 Å². The Hall–Kier alpha value is -3.86. The summed E-state index contributed by atoms with van der Waals surface area (Å²) in [5.74, 6) is 1.43. The van der Waals surface area contributed by atoms with Crippen molar-refractivity contribution in [1.29, 1.82) is 10.5 Å². The third-order valence-corrected chi connectivity index (χ3v) is 7.74. The predicted molar refractivity (Wildman–Crippen MR) is 163 cm³/mol. The number of aliphatic hydroxyl groups excluding tert-OH is 1. The van der Waals surface area contributed by atoms with Crippen LogP contribution in [0.4, 0.5) is 5.82 Å². The summed E-state index contributed by atoms with van der Waals surface area (Å²) in [7, 11) is 5.89. The summed E-state index contributed by atoms with van der Waals surface area (Å²) >= 11 is 7.39. The van der Waals surface area contributed by atoms with Crippen molar-refractivity contribution < 1.29 is 9.52 Å². The van der Waals surface area contributed by atoms with Crippen molar-refractivity contribution in [3.05, 3.63) is 82.2 Å². The van der Waals surface area contributed by atoms with Gasteiger partial charge >= 0.3 is 0 Å². The smallest absolute Gasteiger partial charge is 0.226 e. The molecule has 0 spiro atoms. The Kier molecular flexibility index (Phi) is 10.4. The van der Waals surface area contributed by atoms with Crippen LogP contribution in [-0.2, 0) is 12.2 Å². The van der Waals surface area contributed by atoms with Crippen LogP contribution in [0.25, 0.3) is 22.6 Å². The first-order chi connectivity index (χ1) is 19.8. The number of nitrogens with zero attached hydrogens (tertiary/aromatic N) is 6. The molecule has 0 amide bonds. The molecule has 8 nitrogen and oxygen atoms in total. The topological polar surface area (TPSA) is 113 Å². The Bertz CT molecular complexity index is 1560. The lowest BCUT2D eigenvalue weighted by atomic mass is 9.95. The molecule has 1 N–H and O–H groups in total. The van der Waals surface area contributed by atoms with Crippen LogP contribution in [0.15, 0.2) is 64.2 Å². The Balaban J connectivity index is 1.73. The number of likely N-dealkylation sites (N-methyl/N-ethyl adjacent to an activating group) is 2. The number of aliphatic hydroxyl groups is 1. The number of aromatic nitrogens is 2. The number of anilines is 1. The maximum absolute atomic E-state index is 10.3. The van der Waals surface area contributed by atoms with E-state index in [0.29, 0.717) is 62.9 Å². The van der Waals surface area contributed by atoms with Crippen LogP contribution in [0.5, 0.6) is 0 Å². The maximum atomic E-state index is 10.3. The van der Waals surface area contributed by atoms with E-state index in [1.165, 1.54) is 11.8 Å². The zero-order chi connectivity index (χ0) is 29.4. The van der Waals surface area contributed by atoms with Gasteiger partial charge in [-0.3, -0.25) is 0 Å². The van der Waals surface area contributed by atoms with Gasteiger partial charge in [0.1, 0.15) is 34.8 Å². The van der Waals surface area contributed by atoms with E-state index in [2.05, 4.69) is 22.0 Å².